The van der Waals surface area contributed by atoms with Crippen LogP contribution in [-0.2, 0) is 11.3 Å². The van der Waals surface area contributed by atoms with Crippen LogP contribution in [0.5, 0.6) is 0 Å². The predicted octanol–water partition coefficient (Wildman–Crippen LogP) is 0.0238. The molecule has 0 atom stereocenters. The molecule has 0 unspecified atom stereocenters. The third-order valence-corrected chi connectivity index (χ3v) is 2.13. The minimum Gasteiger partial charge on any atom is -0.395 e. The fourth-order valence-corrected chi connectivity index (χ4v) is 1.41. The first-order chi connectivity index (χ1) is 7.71. The highest BCUT2D eigenvalue weighted by atomic mass is 16.5. The van der Waals surface area contributed by atoms with Gasteiger partial charge >= 0.3 is 0 Å². The number of aromatic nitrogens is 2. The maximum Gasteiger partial charge on any atom is 0.158 e. The summed E-state index contributed by atoms with van der Waals surface area (Å²) in [6.45, 7) is 3.68. The lowest BCUT2D eigenvalue weighted by molar-refractivity contribution is 0.178. The van der Waals surface area contributed by atoms with E-state index in [1.54, 1.807) is 13.2 Å². The van der Waals surface area contributed by atoms with Gasteiger partial charge in [0, 0.05) is 26.3 Å². The van der Waals surface area contributed by atoms with E-state index in [1.165, 1.54) is 0 Å². The molecule has 0 saturated carbocycles. The maximum atomic E-state index is 8.93. The maximum absolute atomic E-state index is 8.93. The van der Waals surface area contributed by atoms with Crippen molar-refractivity contribution >= 4 is 11.6 Å². The van der Waals surface area contributed by atoms with Crippen LogP contribution in [0.3, 0.4) is 0 Å². The summed E-state index contributed by atoms with van der Waals surface area (Å²) in [6, 6.07) is 1.69. The van der Waals surface area contributed by atoms with Crippen molar-refractivity contribution in [3.63, 3.8) is 0 Å². The van der Waals surface area contributed by atoms with Gasteiger partial charge in [-0.2, -0.15) is 0 Å². The van der Waals surface area contributed by atoms with E-state index in [0.29, 0.717) is 24.8 Å². The Morgan fingerprint density at radius 1 is 1.50 bits per heavy atom. The summed E-state index contributed by atoms with van der Waals surface area (Å²) in [5, 5.41) is 8.93. The molecule has 6 heteroatoms. The van der Waals surface area contributed by atoms with E-state index in [2.05, 4.69) is 9.97 Å². The molecule has 0 spiro atoms. The third kappa shape index (κ3) is 3.32. The van der Waals surface area contributed by atoms with Crippen LogP contribution in [-0.4, -0.2) is 41.9 Å². The lowest BCUT2D eigenvalue weighted by Gasteiger charge is -2.21. The average Bonchev–Trinajstić information content (AvgIpc) is 2.25. The van der Waals surface area contributed by atoms with Gasteiger partial charge in [0.05, 0.1) is 6.61 Å². The fourth-order valence-electron chi connectivity index (χ4n) is 1.41. The first-order valence-corrected chi connectivity index (χ1v) is 5.19. The van der Waals surface area contributed by atoms with Crippen molar-refractivity contribution in [2.24, 2.45) is 0 Å². The lowest BCUT2D eigenvalue weighted by Crippen LogP contribution is -2.27. The zero-order valence-electron chi connectivity index (χ0n) is 9.68. The van der Waals surface area contributed by atoms with Gasteiger partial charge < -0.3 is 20.5 Å². The Labute approximate surface area is 95.1 Å². The van der Waals surface area contributed by atoms with E-state index < -0.39 is 0 Å². The summed E-state index contributed by atoms with van der Waals surface area (Å²) in [6.07, 6.45) is 0. The van der Waals surface area contributed by atoms with E-state index in [4.69, 9.17) is 15.6 Å². The van der Waals surface area contributed by atoms with Gasteiger partial charge in [0.1, 0.15) is 18.2 Å². The normalized spacial score (nSPS) is 10.4. The van der Waals surface area contributed by atoms with Gasteiger partial charge in [-0.05, 0) is 6.92 Å². The zero-order chi connectivity index (χ0) is 12.0. The van der Waals surface area contributed by atoms with Crippen molar-refractivity contribution < 1.29 is 9.84 Å². The minimum absolute atomic E-state index is 0.0807. The van der Waals surface area contributed by atoms with Crippen LogP contribution in [0.25, 0.3) is 0 Å². The molecule has 0 aliphatic heterocycles. The molecule has 1 aromatic heterocycles. The smallest absolute Gasteiger partial charge is 0.158 e. The zero-order valence-corrected chi connectivity index (χ0v) is 9.68. The number of methoxy groups -OCH3 is 1. The largest absolute Gasteiger partial charge is 0.395 e. The number of ether oxygens (including phenoxy) is 1. The van der Waals surface area contributed by atoms with Gasteiger partial charge in [-0.15, -0.1) is 0 Å². The molecule has 0 aliphatic rings. The van der Waals surface area contributed by atoms with Crippen molar-refractivity contribution in [2.75, 3.05) is 37.4 Å². The van der Waals surface area contributed by atoms with Crippen LogP contribution in [0.15, 0.2) is 6.07 Å². The molecule has 6 nitrogen and oxygen atoms in total. The van der Waals surface area contributed by atoms with Crippen LogP contribution in [0.2, 0.25) is 0 Å². The highest BCUT2D eigenvalue weighted by molar-refractivity contribution is 5.46. The molecule has 0 bridgehead atoms. The molecule has 0 amide bonds. The molecular formula is C10H18N4O2. The van der Waals surface area contributed by atoms with Gasteiger partial charge in [-0.25, -0.2) is 9.97 Å². The Morgan fingerprint density at radius 2 is 2.25 bits per heavy atom. The fraction of sp³-hybridized carbons (Fsp3) is 0.600. The van der Waals surface area contributed by atoms with Crippen molar-refractivity contribution in [3.05, 3.63) is 11.9 Å². The number of nitrogen functional groups attached to an aromatic ring is 1. The summed E-state index contributed by atoms with van der Waals surface area (Å²) >= 11 is 0. The second-order valence-electron chi connectivity index (χ2n) is 3.30. The Hall–Kier alpha value is -1.40. The summed E-state index contributed by atoms with van der Waals surface area (Å²) in [4.78, 5) is 10.3. The number of nitrogens with two attached hydrogens (primary N) is 1. The highest BCUT2D eigenvalue weighted by Gasteiger charge is 2.08. The monoisotopic (exact) mass is 226 g/mol. The second-order valence-corrected chi connectivity index (χ2v) is 3.30. The molecule has 1 aromatic rings. The quantitative estimate of drug-likeness (QED) is 0.711. The molecule has 1 heterocycles. The summed E-state index contributed by atoms with van der Waals surface area (Å²) in [5.74, 6) is 1.68. The number of nitrogens with zero attached hydrogens (tertiary/aromatic N) is 3. The van der Waals surface area contributed by atoms with Crippen LogP contribution < -0.4 is 10.6 Å². The van der Waals surface area contributed by atoms with Crippen molar-refractivity contribution in [1.29, 1.82) is 0 Å². The topological polar surface area (TPSA) is 84.5 Å². The number of hydrogen-bond donors (Lipinski definition) is 2. The number of aliphatic hydroxyl groups is 1. The van der Waals surface area contributed by atoms with Gasteiger partial charge in [-0.3, -0.25) is 0 Å². The van der Waals surface area contributed by atoms with E-state index >= 15 is 0 Å². The molecule has 0 aliphatic carbocycles. The third-order valence-electron chi connectivity index (χ3n) is 2.13. The Morgan fingerprint density at radius 3 is 2.81 bits per heavy atom. The average molecular weight is 226 g/mol. The number of rotatable bonds is 6. The molecule has 3 N–H and O–H groups in total. The van der Waals surface area contributed by atoms with Gasteiger partial charge in [0.15, 0.2) is 5.82 Å². The molecule has 0 aromatic carbocycles. The summed E-state index contributed by atoms with van der Waals surface area (Å²) in [5.41, 5.74) is 5.68. The van der Waals surface area contributed by atoms with E-state index in [0.717, 1.165) is 12.4 Å². The molecule has 16 heavy (non-hydrogen) atoms. The number of anilines is 2. The predicted molar refractivity (Wildman–Crippen MR) is 62.1 cm³/mol. The second kappa shape index (κ2) is 6.24. The number of aliphatic hydroxyl groups excluding tert-OH is 1. The van der Waals surface area contributed by atoms with Gasteiger partial charge in [0.2, 0.25) is 0 Å². The van der Waals surface area contributed by atoms with Crippen LogP contribution in [0.4, 0.5) is 11.6 Å². The Bertz CT molecular complexity index is 333. The van der Waals surface area contributed by atoms with Crippen LogP contribution in [0, 0.1) is 0 Å². The first kappa shape index (κ1) is 12.7. The Balaban J connectivity index is 2.92. The molecule has 1 rings (SSSR count). The lowest BCUT2D eigenvalue weighted by atomic mass is 10.4. The standard InChI is InChI=1S/C10H18N4O2/c1-3-14(4-5-15)10-6-8(11)12-9(13-10)7-16-2/h6,15H,3-5,7H2,1-2H3,(H2,11,12,13). The van der Waals surface area contributed by atoms with E-state index in [1.807, 2.05) is 11.8 Å². The highest BCUT2D eigenvalue weighted by Crippen LogP contribution is 2.13. The van der Waals surface area contributed by atoms with Crippen LogP contribution in [0.1, 0.15) is 12.7 Å². The molecule has 0 fully saturated rings. The number of hydrogen-bond acceptors (Lipinski definition) is 6. The summed E-state index contributed by atoms with van der Waals surface area (Å²) < 4.78 is 4.96. The molecule has 0 radical (unpaired) electrons. The number of likely N-dealkylation sites (N-methyl/N-ethyl adjacent to an activating group) is 1. The first-order valence-electron chi connectivity index (χ1n) is 5.19. The molecule has 90 valence electrons. The SMILES string of the molecule is CCN(CCO)c1cc(N)nc(COC)n1. The van der Waals surface area contributed by atoms with E-state index in [9.17, 15) is 0 Å². The van der Waals surface area contributed by atoms with Crippen molar-refractivity contribution in [2.45, 2.75) is 13.5 Å². The van der Waals surface area contributed by atoms with Crippen LogP contribution >= 0.6 is 0 Å². The van der Waals surface area contributed by atoms with Gasteiger partial charge in [-0.1, -0.05) is 0 Å². The van der Waals surface area contributed by atoms with E-state index in [-0.39, 0.29) is 6.61 Å². The molecule has 0 saturated heterocycles. The summed E-state index contributed by atoms with van der Waals surface area (Å²) in [7, 11) is 1.58. The minimum atomic E-state index is 0.0807. The Kier molecular flexibility index (Phi) is 4.94. The van der Waals surface area contributed by atoms with Crippen molar-refractivity contribution in [1.82, 2.24) is 9.97 Å². The van der Waals surface area contributed by atoms with Gasteiger partial charge in [0.25, 0.3) is 0 Å². The van der Waals surface area contributed by atoms with Crippen molar-refractivity contribution in [3.8, 4) is 0 Å². The molecular weight excluding hydrogens is 208 g/mol.